The lowest BCUT2D eigenvalue weighted by molar-refractivity contribution is -0.143. The van der Waals surface area contributed by atoms with Crippen LogP contribution in [-0.4, -0.2) is 55.9 Å². The van der Waals surface area contributed by atoms with Gasteiger partial charge in [-0.1, -0.05) is 24.3 Å². The van der Waals surface area contributed by atoms with Gasteiger partial charge in [0.05, 0.1) is 19.3 Å². The van der Waals surface area contributed by atoms with Crippen molar-refractivity contribution in [3.63, 3.8) is 0 Å². The maximum absolute atomic E-state index is 12.5. The molecule has 5 nitrogen and oxygen atoms in total. The number of rotatable bonds is 7. The average Bonchev–Trinajstić information content (AvgIpc) is 3.02. The molecule has 0 amide bonds. The highest BCUT2D eigenvalue weighted by molar-refractivity contribution is 5.80. The van der Waals surface area contributed by atoms with E-state index in [0.717, 1.165) is 11.1 Å². The first kappa shape index (κ1) is 21.5. The molecule has 27 heavy (non-hydrogen) atoms. The van der Waals surface area contributed by atoms with Gasteiger partial charge in [-0.15, -0.1) is 0 Å². The molecular weight excluding hydrogens is 357 g/mol. The summed E-state index contributed by atoms with van der Waals surface area (Å²) in [6.07, 6.45) is -3.29. The summed E-state index contributed by atoms with van der Waals surface area (Å²) in [5.41, 5.74) is 2.21. The Kier molecular flexibility index (Phi) is 7.91. The Hall–Kier alpha value is -1.80. The van der Waals surface area contributed by atoms with Crippen LogP contribution in [0.2, 0.25) is 0 Å². The van der Waals surface area contributed by atoms with Gasteiger partial charge in [-0.25, -0.2) is 0 Å². The molecule has 2 N–H and O–H groups in total. The molecule has 2 rings (SSSR count). The van der Waals surface area contributed by atoms with Crippen molar-refractivity contribution in [2.45, 2.75) is 51.7 Å². The van der Waals surface area contributed by atoms with E-state index in [9.17, 15) is 13.2 Å². The number of hydrogen-bond acceptors (Lipinski definition) is 3. The van der Waals surface area contributed by atoms with Gasteiger partial charge >= 0.3 is 6.18 Å². The number of halogens is 3. The van der Waals surface area contributed by atoms with Gasteiger partial charge in [-0.2, -0.15) is 13.2 Å². The van der Waals surface area contributed by atoms with Crippen molar-refractivity contribution < 1.29 is 17.9 Å². The van der Waals surface area contributed by atoms with Crippen LogP contribution in [0.3, 0.4) is 0 Å². The van der Waals surface area contributed by atoms with Crippen LogP contribution in [0.1, 0.15) is 31.4 Å². The molecule has 1 atom stereocenters. The number of ether oxygens (including phenoxy) is 1. The third-order valence-electron chi connectivity index (χ3n) is 4.31. The molecule has 8 heteroatoms. The van der Waals surface area contributed by atoms with Crippen molar-refractivity contribution in [1.82, 2.24) is 15.5 Å². The van der Waals surface area contributed by atoms with Crippen LogP contribution in [0.15, 0.2) is 29.3 Å². The van der Waals surface area contributed by atoms with Crippen LogP contribution in [-0.2, 0) is 17.9 Å². The number of aliphatic imine (C=N–C) groups is 1. The molecule has 1 aliphatic heterocycles. The molecule has 1 fully saturated rings. The van der Waals surface area contributed by atoms with E-state index in [-0.39, 0.29) is 12.1 Å². The largest absolute Gasteiger partial charge is 0.401 e. The van der Waals surface area contributed by atoms with Crippen molar-refractivity contribution in [3.8, 4) is 0 Å². The molecule has 0 radical (unpaired) electrons. The number of likely N-dealkylation sites (tertiary alicyclic amines) is 1. The van der Waals surface area contributed by atoms with Gasteiger partial charge in [0.1, 0.15) is 0 Å². The third-order valence-corrected chi connectivity index (χ3v) is 4.31. The van der Waals surface area contributed by atoms with E-state index in [1.807, 2.05) is 38.1 Å². The number of benzene rings is 1. The molecule has 0 aromatic heterocycles. The second-order valence-corrected chi connectivity index (χ2v) is 7.08. The summed E-state index contributed by atoms with van der Waals surface area (Å²) in [5.74, 6) is 0.598. The van der Waals surface area contributed by atoms with Crippen LogP contribution in [0, 0.1) is 0 Å². The smallest absolute Gasteiger partial charge is 0.374 e. The van der Waals surface area contributed by atoms with Gasteiger partial charge in [-0.05, 0) is 31.4 Å². The minimum absolute atomic E-state index is 0.0332. The first-order valence-corrected chi connectivity index (χ1v) is 9.21. The summed E-state index contributed by atoms with van der Waals surface area (Å²) in [4.78, 5) is 5.59. The monoisotopic (exact) mass is 386 g/mol. The second-order valence-electron chi connectivity index (χ2n) is 7.08. The fourth-order valence-electron chi connectivity index (χ4n) is 2.94. The summed E-state index contributed by atoms with van der Waals surface area (Å²) in [5, 5.41) is 6.42. The van der Waals surface area contributed by atoms with Gasteiger partial charge in [0, 0.05) is 32.7 Å². The Balaban J connectivity index is 1.76. The van der Waals surface area contributed by atoms with E-state index in [0.29, 0.717) is 38.6 Å². The van der Waals surface area contributed by atoms with Gasteiger partial charge in [-0.3, -0.25) is 9.89 Å². The number of hydrogen-bond donors (Lipinski definition) is 2. The second kappa shape index (κ2) is 9.94. The maximum Gasteiger partial charge on any atom is 0.401 e. The predicted octanol–water partition coefficient (Wildman–Crippen LogP) is 2.91. The van der Waals surface area contributed by atoms with E-state index in [2.05, 4.69) is 15.6 Å². The highest BCUT2D eigenvalue weighted by Crippen LogP contribution is 2.19. The molecule has 1 aromatic rings. The first-order valence-electron chi connectivity index (χ1n) is 9.21. The standard InChI is InChI=1S/C19H29F3N4O/c1-14(2)27-12-16-6-4-15(5-7-16)10-24-18(23-3)25-17-8-9-26(11-17)13-19(20,21)22/h4-7,14,17H,8-13H2,1-3H3,(H2,23,24,25). The molecule has 1 unspecified atom stereocenters. The molecule has 152 valence electrons. The first-order chi connectivity index (χ1) is 12.7. The zero-order valence-electron chi connectivity index (χ0n) is 16.1. The summed E-state index contributed by atoms with van der Waals surface area (Å²) in [6, 6.07) is 8.08. The fraction of sp³-hybridized carbons (Fsp3) is 0.632. The van der Waals surface area contributed by atoms with Crippen molar-refractivity contribution in [2.24, 2.45) is 4.99 Å². The molecule has 1 saturated heterocycles. The lowest BCUT2D eigenvalue weighted by atomic mass is 10.1. The van der Waals surface area contributed by atoms with Crippen LogP contribution in [0.5, 0.6) is 0 Å². The zero-order valence-corrected chi connectivity index (χ0v) is 16.1. The minimum atomic E-state index is -4.15. The Bertz CT molecular complexity index is 602. The number of alkyl halides is 3. The Labute approximate surface area is 159 Å². The van der Waals surface area contributed by atoms with E-state index in [4.69, 9.17) is 4.74 Å². The Morgan fingerprint density at radius 1 is 1.26 bits per heavy atom. The number of guanidine groups is 1. The van der Waals surface area contributed by atoms with E-state index < -0.39 is 12.7 Å². The van der Waals surface area contributed by atoms with E-state index in [1.54, 1.807) is 7.05 Å². The summed E-state index contributed by atoms with van der Waals surface area (Å²) >= 11 is 0. The predicted molar refractivity (Wildman–Crippen MR) is 101 cm³/mol. The van der Waals surface area contributed by atoms with E-state index in [1.165, 1.54) is 4.90 Å². The third kappa shape index (κ3) is 8.17. The Morgan fingerprint density at radius 2 is 1.93 bits per heavy atom. The number of nitrogens with one attached hydrogen (secondary N) is 2. The van der Waals surface area contributed by atoms with Crippen LogP contribution in [0.4, 0.5) is 13.2 Å². The lowest BCUT2D eigenvalue weighted by Crippen LogP contribution is -2.44. The van der Waals surface area contributed by atoms with Gasteiger partial charge < -0.3 is 15.4 Å². The molecule has 0 bridgehead atoms. The summed E-state index contributed by atoms with van der Waals surface area (Å²) in [7, 11) is 1.66. The van der Waals surface area contributed by atoms with Crippen LogP contribution in [0.25, 0.3) is 0 Å². The van der Waals surface area contributed by atoms with Gasteiger partial charge in [0.25, 0.3) is 0 Å². The van der Waals surface area contributed by atoms with Crippen molar-refractivity contribution in [1.29, 1.82) is 0 Å². The highest BCUT2D eigenvalue weighted by Gasteiger charge is 2.34. The maximum atomic E-state index is 12.5. The summed E-state index contributed by atoms with van der Waals surface area (Å²) in [6.45, 7) is 5.13. The van der Waals surface area contributed by atoms with Crippen molar-refractivity contribution in [3.05, 3.63) is 35.4 Å². The molecular formula is C19H29F3N4O. The SMILES string of the molecule is CN=C(NCc1ccc(COC(C)C)cc1)NC1CCN(CC(F)(F)F)C1. The highest BCUT2D eigenvalue weighted by atomic mass is 19.4. The molecule has 0 saturated carbocycles. The zero-order chi connectivity index (χ0) is 19.9. The van der Waals surface area contributed by atoms with Crippen LogP contribution >= 0.6 is 0 Å². The molecule has 0 aliphatic carbocycles. The number of nitrogens with zero attached hydrogens (tertiary/aromatic N) is 2. The molecule has 1 heterocycles. The quantitative estimate of drug-likeness (QED) is 0.559. The fourth-order valence-corrected chi connectivity index (χ4v) is 2.94. The molecule has 1 aromatic carbocycles. The van der Waals surface area contributed by atoms with Crippen molar-refractivity contribution >= 4 is 5.96 Å². The summed E-state index contributed by atoms with van der Waals surface area (Å²) < 4.78 is 43.0. The van der Waals surface area contributed by atoms with Crippen LogP contribution < -0.4 is 10.6 Å². The minimum Gasteiger partial charge on any atom is -0.374 e. The van der Waals surface area contributed by atoms with E-state index >= 15 is 0 Å². The molecule has 1 aliphatic rings. The van der Waals surface area contributed by atoms with Crippen molar-refractivity contribution in [2.75, 3.05) is 26.7 Å². The lowest BCUT2D eigenvalue weighted by Gasteiger charge is -2.20. The molecule has 0 spiro atoms. The topological polar surface area (TPSA) is 48.9 Å². The Morgan fingerprint density at radius 3 is 2.52 bits per heavy atom. The normalized spacial score (nSPS) is 18.9. The van der Waals surface area contributed by atoms with Gasteiger partial charge in [0.15, 0.2) is 5.96 Å². The van der Waals surface area contributed by atoms with Gasteiger partial charge in [0.2, 0.25) is 0 Å². The average molecular weight is 386 g/mol.